The van der Waals surface area contributed by atoms with Crippen molar-refractivity contribution in [3.05, 3.63) is 30.1 Å². The fourth-order valence-corrected chi connectivity index (χ4v) is 8.26. The molecule has 29 heavy (non-hydrogen) atoms. The average molecular weight is 400 g/mol. The Balaban J connectivity index is 1.34. The van der Waals surface area contributed by atoms with Gasteiger partial charge in [-0.3, -0.25) is 0 Å². The minimum absolute atomic E-state index is 0.160. The van der Waals surface area contributed by atoms with Gasteiger partial charge in [0.1, 0.15) is 5.82 Å². The van der Waals surface area contributed by atoms with E-state index in [0.29, 0.717) is 11.5 Å². The molecule has 0 radical (unpaired) electrons. The van der Waals surface area contributed by atoms with Crippen LogP contribution in [-0.4, -0.2) is 16.7 Å². The highest BCUT2D eigenvalue weighted by Crippen LogP contribution is 2.62. The molecular formula is C26H38FNO. The third-order valence-electron chi connectivity index (χ3n) is 9.66. The lowest BCUT2D eigenvalue weighted by Gasteiger charge is -2.61. The monoisotopic (exact) mass is 399 g/mol. The second-order valence-corrected chi connectivity index (χ2v) is 11.4. The summed E-state index contributed by atoms with van der Waals surface area (Å²) in [5.74, 6) is 4.01. The van der Waals surface area contributed by atoms with E-state index in [4.69, 9.17) is 0 Å². The molecule has 2 nitrogen and oxygen atoms in total. The fraction of sp³-hybridized carbons (Fsp3) is 0.769. The van der Waals surface area contributed by atoms with Gasteiger partial charge in [0.2, 0.25) is 0 Å². The summed E-state index contributed by atoms with van der Waals surface area (Å²) >= 11 is 0. The van der Waals surface area contributed by atoms with Crippen LogP contribution in [0.4, 0.5) is 10.1 Å². The van der Waals surface area contributed by atoms with E-state index < -0.39 is 5.60 Å². The topological polar surface area (TPSA) is 32.3 Å². The van der Waals surface area contributed by atoms with Crippen LogP contribution in [0.1, 0.15) is 78.1 Å². The lowest BCUT2D eigenvalue weighted by Crippen LogP contribution is -2.56. The maximum absolute atomic E-state index is 13.3. The molecule has 3 heteroatoms. The van der Waals surface area contributed by atoms with Gasteiger partial charge in [-0.1, -0.05) is 13.3 Å². The number of hydrogen-bond acceptors (Lipinski definition) is 2. The van der Waals surface area contributed by atoms with Gasteiger partial charge >= 0.3 is 0 Å². The normalized spacial score (nSPS) is 46.9. The van der Waals surface area contributed by atoms with Crippen LogP contribution in [0, 0.1) is 40.8 Å². The maximum atomic E-state index is 13.3. The van der Waals surface area contributed by atoms with Crippen molar-refractivity contribution in [1.82, 2.24) is 0 Å². The third kappa shape index (κ3) is 3.52. The standard InChI is InChI=1S/C26H38FNO/c1-25(29)14-12-20-17(16-25)6-11-22-21(20)13-15-26(2)23(22)4-3-5-24(26)28-19-9-7-18(27)8-10-19/h7-10,17,20-24,28-29H,3-6,11-16H2,1-2H3/t17-,20+,21-,22-,23+,24-,25-,26+/m1/s1. The minimum atomic E-state index is -0.424. The Hall–Kier alpha value is -1.09. The molecule has 1 aromatic rings. The summed E-state index contributed by atoms with van der Waals surface area (Å²) in [6.07, 6.45) is 12.6. The molecule has 0 bridgehead atoms. The van der Waals surface area contributed by atoms with E-state index in [1.807, 2.05) is 12.1 Å². The zero-order valence-electron chi connectivity index (χ0n) is 18.2. The number of aliphatic hydroxyl groups is 1. The minimum Gasteiger partial charge on any atom is -0.390 e. The van der Waals surface area contributed by atoms with Crippen LogP contribution in [0.25, 0.3) is 0 Å². The maximum Gasteiger partial charge on any atom is 0.123 e. The van der Waals surface area contributed by atoms with E-state index in [1.165, 1.54) is 51.4 Å². The number of nitrogens with one attached hydrogen (secondary N) is 1. The van der Waals surface area contributed by atoms with Crippen molar-refractivity contribution < 1.29 is 9.50 Å². The van der Waals surface area contributed by atoms with Crippen molar-refractivity contribution in [1.29, 1.82) is 0 Å². The van der Waals surface area contributed by atoms with Crippen LogP contribution >= 0.6 is 0 Å². The molecule has 0 unspecified atom stereocenters. The Labute approximate surface area is 175 Å². The Kier molecular flexibility index (Phi) is 4.96. The number of halogens is 1. The molecule has 5 rings (SSSR count). The van der Waals surface area contributed by atoms with E-state index in [2.05, 4.69) is 19.2 Å². The van der Waals surface area contributed by atoms with Crippen LogP contribution in [0.15, 0.2) is 24.3 Å². The van der Waals surface area contributed by atoms with Gasteiger partial charge in [0, 0.05) is 11.7 Å². The summed E-state index contributed by atoms with van der Waals surface area (Å²) in [4.78, 5) is 0. The molecule has 8 atom stereocenters. The van der Waals surface area contributed by atoms with E-state index in [1.54, 1.807) is 12.1 Å². The molecule has 4 saturated carbocycles. The zero-order valence-corrected chi connectivity index (χ0v) is 18.2. The smallest absolute Gasteiger partial charge is 0.123 e. The highest BCUT2D eigenvalue weighted by atomic mass is 19.1. The molecule has 0 saturated heterocycles. The quantitative estimate of drug-likeness (QED) is 0.603. The number of rotatable bonds is 2. The number of benzene rings is 1. The predicted molar refractivity (Wildman–Crippen MR) is 116 cm³/mol. The van der Waals surface area contributed by atoms with E-state index >= 15 is 0 Å². The summed E-state index contributed by atoms with van der Waals surface area (Å²) in [7, 11) is 0. The van der Waals surface area contributed by atoms with Crippen molar-refractivity contribution in [2.45, 2.75) is 89.7 Å². The van der Waals surface area contributed by atoms with Crippen LogP contribution in [0.3, 0.4) is 0 Å². The van der Waals surface area contributed by atoms with Crippen LogP contribution in [0.5, 0.6) is 0 Å². The third-order valence-corrected chi connectivity index (χ3v) is 9.66. The molecule has 0 amide bonds. The molecular weight excluding hydrogens is 361 g/mol. The van der Waals surface area contributed by atoms with Gasteiger partial charge in [0.15, 0.2) is 0 Å². The van der Waals surface area contributed by atoms with E-state index in [0.717, 1.165) is 48.1 Å². The van der Waals surface area contributed by atoms with Crippen molar-refractivity contribution in [2.24, 2.45) is 35.0 Å². The molecule has 1 aromatic carbocycles. The first-order chi connectivity index (χ1) is 13.9. The van der Waals surface area contributed by atoms with Gasteiger partial charge in [-0.2, -0.15) is 0 Å². The molecule has 4 fully saturated rings. The van der Waals surface area contributed by atoms with Gasteiger partial charge in [-0.05, 0) is 124 Å². The first-order valence-corrected chi connectivity index (χ1v) is 12.1. The Bertz CT molecular complexity index is 731. The second-order valence-electron chi connectivity index (χ2n) is 11.4. The van der Waals surface area contributed by atoms with Crippen LogP contribution < -0.4 is 5.32 Å². The second kappa shape index (κ2) is 7.25. The molecule has 160 valence electrons. The lowest BCUT2D eigenvalue weighted by atomic mass is 9.46. The SMILES string of the molecule is C[C@@]1(O)CC[C@H]2[C@H](CC[C@@H]3[C@@H]2CC[C@]2(C)[C@H](Nc4ccc(F)cc4)CCC[C@@H]32)C1. The van der Waals surface area contributed by atoms with Gasteiger partial charge < -0.3 is 10.4 Å². The Morgan fingerprint density at radius 3 is 2.45 bits per heavy atom. The zero-order chi connectivity index (χ0) is 20.2. The van der Waals surface area contributed by atoms with Crippen LogP contribution in [0.2, 0.25) is 0 Å². The molecule has 4 aliphatic rings. The van der Waals surface area contributed by atoms with Gasteiger partial charge in [-0.25, -0.2) is 4.39 Å². The Morgan fingerprint density at radius 1 is 0.897 bits per heavy atom. The van der Waals surface area contributed by atoms with Gasteiger partial charge in [-0.15, -0.1) is 0 Å². The summed E-state index contributed by atoms with van der Waals surface area (Å²) in [5.41, 5.74) is 0.992. The first kappa shape index (κ1) is 19.8. The summed E-state index contributed by atoms with van der Waals surface area (Å²) in [6, 6.07) is 7.43. The largest absolute Gasteiger partial charge is 0.390 e. The van der Waals surface area contributed by atoms with Gasteiger partial charge in [0.25, 0.3) is 0 Å². The van der Waals surface area contributed by atoms with E-state index in [9.17, 15) is 9.50 Å². The van der Waals surface area contributed by atoms with Crippen molar-refractivity contribution in [3.63, 3.8) is 0 Å². The van der Waals surface area contributed by atoms with Gasteiger partial charge in [0.05, 0.1) is 5.60 Å². The molecule has 2 N–H and O–H groups in total. The molecule has 0 aromatic heterocycles. The van der Waals surface area contributed by atoms with Crippen molar-refractivity contribution >= 4 is 5.69 Å². The highest BCUT2D eigenvalue weighted by molar-refractivity contribution is 5.44. The van der Waals surface area contributed by atoms with Crippen molar-refractivity contribution in [2.75, 3.05) is 5.32 Å². The number of hydrogen-bond donors (Lipinski definition) is 2. The summed E-state index contributed by atoms with van der Waals surface area (Å²) < 4.78 is 13.3. The Morgan fingerprint density at radius 2 is 1.66 bits per heavy atom. The molecule has 0 spiro atoms. The number of anilines is 1. The van der Waals surface area contributed by atoms with E-state index in [-0.39, 0.29) is 5.82 Å². The summed E-state index contributed by atoms with van der Waals surface area (Å²) in [6.45, 7) is 4.60. The van der Waals surface area contributed by atoms with Crippen LogP contribution in [-0.2, 0) is 0 Å². The highest BCUT2D eigenvalue weighted by Gasteiger charge is 2.56. The molecule has 0 aliphatic heterocycles. The van der Waals surface area contributed by atoms with Crippen molar-refractivity contribution in [3.8, 4) is 0 Å². The first-order valence-electron chi connectivity index (χ1n) is 12.1. The fourth-order valence-electron chi connectivity index (χ4n) is 8.26. The summed E-state index contributed by atoms with van der Waals surface area (Å²) in [5, 5.41) is 14.4. The number of fused-ring (bicyclic) bond motifs is 5. The average Bonchev–Trinajstić information content (AvgIpc) is 2.69. The molecule has 4 aliphatic carbocycles. The predicted octanol–water partition coefficient (Wildman–Crippen LogP) is 6.40. The molecule has 0 heterocycles. The lowest BCUT2D eigenvalue weighted by molar-refractivity contribution is -0.113.